The molecule has 0 unspecified atom stereocenters. The van der Waals surface area contributed by atoms with Crippen molar-refractivity contribution in [2.45, 2.75) is 25.3 Å². The lowest BCUT2D eigenvalue weighted by Gasteiger charge is -2.33. The number of nitrogens with two attached hydrogens (primary N) is 1. The number of hydrogen-bond acceptors (Lipinski definition) is 6. The average Bonchev–Trinajstić information content (AvgIpc) is 3.01. The summed E-state index contributed by atoms with van der Waals surface area (Å²) in [7, 11) is 4.19. The summed E-state index contributed by atoms with van der Waals surface area (Å²) in [6.07, 6.45) is 7.82. The fourth-order valence-corrected chi connectivity index (χ4v) is 3.11. The molecule has 1 aliphatic rings. The van der Waals surface area contributed by atoms with Crippen molar-refractivity contribution in [2.24, 2.45) is 0 Å². The van der Waals surface area contributed by atoms with Crippen molar-refractivity contribution >= 4 is 11.6 Å². The molecule has 3 heterocycles. The zero-order valence-corrected chi connectivity index (χ0v) is 13.9. The first kappa shape index (κ1) is 15.7. The van der Waals surface area contributed by atoms with Crippen LogP contribution in [-0.2, 0) is 6.54 Å². The van der Waals surface area contributed by atoms with Crippen molar-refractivity contribution < 1.29 is 0 Å². The van der Waals surface area contributed by atoms with E-state index in [4.69, 9.17) is 5.73 Å². The summed E-state index contributed by atoms with van der Waals surface area (Å²) in [5.74, 6) is 3.04. The first-order valence-corrected chi connectivity index (χ1v) is 8.11. The highest BCUT2D eigenvalue weighted by molar-refractivity contribution is 5.46. The quantitative estimate of drug-likeness (QED) is 0.893. The molecule has 0 amide bonds. The molecule has 1 fully saturated rings. The zero-order valence-electron chi connectivity index (χ0n) is 13.9. The van der Waals surface area contributed by atoms with Gasteiger partial charge in [0.1, 0.15) is 23.8 Å². The van der Waals surface area contributed by atoms with Gasteiger partial charge in [0.15, 0.2) is 0 Å². The van der Waals surface area contributed by atoms with E-state index >= 15 is 0 Å². The van der Waals surface area contributed by atoms with Gasteiger partial charge in [0, 0.05) is 50.6 Å². The number of likely N-dealkylation sites (N-methyl/N-ethyl adjacent to an activating group) is 1. The van der Waals surface area contributed by atoms with Gasteiger partial charge in [-0.2, -0.15) is 0 Å². The highest BCUT2D eigenvalue weighted by atomic mass is 15.2. The van der Waals surface area contributed by atoms with Crippen LogP contribution in [0.15, 0.2) is 24.8 Å². The Morgan fingerprint density at radius 3 is 2.96 bits per heavy atom. The third-order valence-electron chi connectivity index (χ3n) is 4.32. The zero-order chi connectivity index (χ0) is 16.2. The van der Waals surface area contributed by atoms with E-state index in [9.17, 15) is 0 Å². The van der Waals surface area contributed by atoms with Crippen molar-refractivity contribution in [3.05, 3.63) is 30.6 Å². The van der Waals surface area contributed by atoms with Gasteiger partial charge < -0.3 is 20.1 Å². The lowest BCUT2D eigenvalue weighted by Crippen LogP contribution is -2.36. The van der Waals surface area contributed by atoms with Crippen LogP contribution in [0.1, 0.15) is 24.6 Å². The van der Waals surface area contributed by atoms with Crippen LogP contribution in [0, 0.1) is 0 Å². The topological polar surface area (TPSA) is 76.1 Å². The molecule has 1 saturated heterocycles. The second kappa shape index (κ2) is 6.95. The molecule has 7 heteroatoms. The number of nitrogens with zero attached hydrogens (tertiary/aromatic N) is 6. The summed E-state index contributed by atoms with van der Waals surface area (Å²) in [4.78, 5) is 17.4. The van der Waals surface area contributed by atoms with Gasteiger partial charge in [-0.3, -0.25) is 0 Å². The maximum Gasteiger partial charge on any atom is 0.134 e. The van der Waals surface area contributed by atoms with Crippen molar-refractivity contribution in [1.29, 1.82) is 0 Å². The molecule has 0 bridgehead atoms. The third kappa shape index (κ3) is 3.79. The third-order valence-corrected chi connectivity index (χ3v) is 4.32. The molecule has 0 saturated carbocycles. The van der Waals surface area contributed by atoms with Crippen LogP contribution < -0.4 is 10.6 Å². The van der Waals surface area contributed by atoms with E-state index in [-0.39, 0.29) is 0 Å². The van der Waals surface area contributed by atoms with Crippen LogP contribution in [-0.4, -0.2) is 58.1 Å². The van der Waals surface area contributed by atoms with Crippen LogP contribution >= 0.6 is 0 Å². The smallest absolute Gasteiger partial charge is 0.134 e. The van der Waals surface area contributed by atoms with Crippen LogP contribution in [0.5, 0.6) is 0 Å². The summed E-state index contributed by atoms with van der Waals surface area (Å²) in [5.41, 5.74) is 5.79. The Morgan fingerprint density at radius 2 is 2.17 bits per heavy atom. The lowest BCUT2D eigenvalue weighted by molar-refractivity contribution is 0.373. The Bertz CT molecular complexity index is 637. The van der Waals surface area contributed by atoms with Gasteiger partial charge in [0.2, 0.25) is 0 Å². The van der Waals surface area contributed by atoms with Gasteiger partial charge in [-0.25, -0.2) is 15.0 Å². The van der Waals surface area contributed by atoms with E-state index in [0.29, 0.717) is 11.7 Å². The van der Waals surface area contributed by atoms with Crippen LogP contribution in [0.4, 0.5) is 11.6 Å². The molecule has 7 nitrogen and oxygen atoms in total. The molecule has 23 heavy (non-hydrogen) atoms. The number of anilines is 2. The predicted octanol–water partition coefficient (Wildman–Crippen LogP) is 1.20. The first-order chi connectivity index (χ1) is 11.1. The molecule has 124 valence electrons. The minimum Gasteiger partial charge on any atom is -0.384 e. The van der Waals surface area contributed by atoms with E-state index in [1.807, 2.05) is 12.3 Å². The highest BCUT2D eigenvalue weighted by Gasteiger charge is 2.25. The molecule has 0 radical (unpaired) electrons. The minimum absolute atomic E-state index is 0.428. The Kier molecular flexibility index (Phi) is 4.76. The molecule has 0 spiro atoms. The molecule has 3 rings (SSSR count). The van der Waals surface area contributed by atoms with E-state index in [0.717, 1.165) is 44.8 Å². The minimum atomic E-state index is 0.428. The number of rotatable bonds is 5. The molecule has 2 N–H and O–H groups in total. The summed E-state index contributed by atoms with van der Waals surface area (Å²) in [6.45, 7) is 3.92. The van der Waals surface area contributed by atoms with E-state index in [2.05, 4.69) is 49.6 Å². The van der Waals surface area contributed by atoms with Crippen molar-refractivity contribution in [2.75, 3.05) is 44.4 Å². The Morgan fingerprint density at radius 1 is 1.30 bits per heavy atom. The number of piperidine rings is 1. The van der Waals surface area contributed by atoms with Crippen molar-refractivity contribution in [3.8, 4) is 0 Å². The molecular formula is C16H25N7. The van der Waals surface area contributed by atoms with Crippen LogP contribution in [0.2, 0.25) is 0 Å². The number of aromatic nitrogens is 4. The molecule has 1 aliphatic heterocycles. The molecular weight excluding hydrogens is 290 g/mol. The highest BCUT2D eigenvalue weighted by Crippen LogP contribution is 2.28. The van der Waals surface area contributed by atoms with Gasteiger partial charge in [-0.05, 0) is 26.9 Å². The average molecular weight is 315 g/mol. The first-order valence-electron chi connectivity index (χ1n) is 8.11. The summed E-state index contributed by atoms with van der Waals surface area (Å²) < 4.78 is 2.28. The number of nitrogen functional groups attached to an aromatic ring is 1. The normalized spacial score (nSPS) is 18.6. The van der Waals surface area contributed by atoms with Gasteiger partial charge in [0.25, 0.3) is 0 Å². The Labute approximate surface area is 137 Å². The number of imidazole rings is 1. The monoisotopic (exact) mass is 315 g/mol. The van der Waals surface area contributed by atoms with E-state index in [1.54, 1.807) is 0 Å². The van der Waals surface area contributed by atoms with Crippen molar-refractivity contribution in [1.82, 2.24) is 24.4 Å². The fraction of sp³-hybridized carbons (Fsp3) is 0.562. The molecule has 1 atom stereocenters. The molecule has 0 aromatic carbocycles. The second-order valence-electron chi connectivity index (χ2n) is 6.37. The van der Waals surface area contributed by atoms with Crippen LogP contribution in [0.3, 0.4) is 0 Å². The second-order valence-corrected chi connectivity index (χ2v) is 6.37. The van der Waals surface area contributed by atoms with E-state index < -0.39 is 0 Å². The summed E-state index contributed by atoms with van der Waals surface area (Å²) in [6, 6.07) is 1.85. The van der Waals surface area contributed by atoms with Gasteiger partial charge in [0.05, 0.1) is 0 Å². The predicted molar refractivity (Wildman–Crippen MR) is 91.4 cm³/mol. The molecule has 2 aromatic rings. The largest absolute Gasteiger partial charge is 0.384 e. The molecule has 2 aromatic heterocycles. The summed E-state index contributed by atoms with van der Waals surface area (Å²) >= 11 is 0. The Hall–Kier alpha value is -2.15. The SMILES string of the molecule is CN(C)CCn1ccnc1[C@H]1CCCN(c2cc(N)ncn2)C1. The fourth-order valence-electron chi connectivity index (χ4n) is 3.11. The summed E-state index contributed by atoms with van der Waals surface area (Å²) in [5, 5.41) is 0. The lowest BCUT2D eigenvalue weighted by atomic mass is 9.97. The van der Waals surface area contributed by atoms with Gasteiger partial charge in [-0.1, -0.05) is 0 Å². The Balaban J connectivity index is 1.73. The van der Waals surface area contributed by atoms with Gasteiger partial charge in [-0.15, -0.1) is 0 Å². The van der Waals surface area contributed by atoms with Crippen molar-refractivity contribution in [3.63, 3.8) is 0 Å². The standard InChI is InChI=1S/C16H25N7/c1-21(2)8-9-22-7-5-18-16(22)13-4-3-6-23(11-13)15-10-14(17)19-12-20-15/h5,7,10,12-13H,3-4,6,8-9,11H2,1-2H3,(H2,17,19,20)/t13-/m0/s1. The maximum absolute atomic E-state index is 5.79. The van der Waals surface area contributed by atoms with Gasteiger partial charge >= 0.3 is 0 Å². The molecule has 0 aliphatic carbocycles. The van der Waals surface area contributed by atoms with Crippen LogP contribution in [0.25, 0.3) is 0 Å². The maximum atomic E-state index is 5.79. The van der Waals surface area contributed by atoms with E-state index in [1.165, 1.54) is 12.2 Å². The number of hydrogen-bond donors (Lipinski definition) is 1.